The van der Waals surface area contributed by atoms with E-state index in [1.165, 1.54) is 42.5 Å². The van der Waals surface area contributed by atoms with Gasteiger partial charge in [-0.05, 0) is 58.7 Å². The Morgan fingerprint density at radius 1 is 0.630 bits per heavy atom. The second-order valence-electron chi connectivity index (χ2n) is 11.8. The van der Waals surface area contributed by atoms with Crippen LogP contribution in [0.5, 0.6) is 34.5 Å². The van der Waals surface area contributed by atoms with Crippen molar-refractivity contribution in [1.29, 1.82) is 0 Å². The molecule has 4 aromatic carbocycles. The Kier molecular flexibility index (Phi) is 7.43. The van der Waals surface area contributed by atoms with Gasteiger partial charge in [-0.25, -0.2) is 0 Å². The molecule has 2 aliphatic heterocycles. The van der Waals surface area contributed by atoms with Crippen LogP contribution in [-0.2, 0) is 4.74 Å². The third-order valence-corrected chi connectivity index (χ3v) is 9.07. The van der Waals surface area contributed by atoms with Crippen LogP contribution in [0, 0.1) is 0 Å². The molecule has 9 N–H and O–H groups in total. The number of phenolic OH excluding ortho intramolecular Hbond substituents is 4. The van der Waals surface area contributed by atoms with E-state index in [-0.39, 0.29) is 34.5 Å². The number of phenols is 4. The van der Waals surface area contributed by atoms with Crippen LogP contribution in [-0.4, -0.2) is 83.3 Å². The Labute approximate surface area is 262 Å². The first-order chi connectivity index (χ1) is 22.1. The minimum Gasteiger partial charge on any atom is -0.508 e. The fraction of sp³-hybridized carbons (Fsp3) is 0.294. The number of aromatic hydroxyl groups is 4. The van der Waals surface area contributed by atoms with Crippen molar-refractivity contribution < 1.29 is 60.2 Å². The standard InChI is InChI=1S/C34H32O12/c35-13-23-29(41)30(42)31(43)34(45-23)44-22-10-9-19-26-27(32(46-33(22)26)15-3-7-17(37)8-4-15)20-11-18(38)12-21(39)25(20)24(28(19)40)14-1-5-16(36)6-2-14/h1-12,23-24,27-32,34-43H,13H2/t23-,24+,27-,28-,29-,30+,31-,32+,34-/m1/s1. The minimum absolute atomic E-state index is 0.0134. The summed E-state index contributed by atoms with van der Waals surface area (Å²) in [6.45, 7) is -0.655. The van der Waals surface area contributed by atoms with Gasteiger partial charge in [0.1, 0.15) is 53.5 Å². The lowest BCUT2D eigenvalue weighted by molar-refractivity contribution is -0.277. The molecule has 0 radical (unpaired) electrons. The van der Waals surface area contributed by atoms with Crippen molar-refractivity contribution in [3.63, 3.8) is 0 Å². The van der Waals surface area contributed by atoms with Gasteiger partial charge >= 0.3 is 0 Å². The summed E-state index contributed by atoms with van der Waals surface area (Å²) in [6.07, 6.45) is -9.84. The van der Waals surface area contributed by atoms with E-state index >= 15 is 0 Å². The summed E-state index contributed by atoms with van der Waals surface area (Å²) in [5.41, 5.74) is 2.82. The summed E-state index contributed by atoms with van der Waals surface area (Å²) in [5, 5.41) is 95.1. The van der Waals surface area contributed by atoms with Crippen LogP contribution in [0.2, 0.25) is 0 Å². The molecular formula is C34H32O12. The molecule has 0 saturated carbocycles. The highest BCUT2D eigenvalue weighted by Crippen LogP contribution is 2.61. The predicted molar refractivity (Wildman–Crippen MR) is 159 cm³/mol. The molecule has 2 heterocycles. The summed E-state index contributed by atoms with van der Waals surface area (Å²) < 4.78 is 18.2. The molecule has 240 valence electrons. The van der Waals surface area contributed by atoms with Crippen LogP contribution in [0.4, 0.5) is 0 Å². The third-order valence-electron chi connectivity index (χ3n) is 9.07. The Bertz CT molecular complexity index is 1760. The average Bonchev–Trinajstić information content (AvgIpc) is 3.39. The van der Waals surface area contributed by atoms with Crippen molar-refractivity contribution in [2.45, 2.75) is 54.7 Å². The summed E-state index contributed by atoms with van der Waals surface area (Å²) in [5.74, 6) is -1.88. The van der Waals surface area contributed by atoms with Gasteiger partial charge < -0.3 is 60.2 Å². The first-order valence-corrected chi connectivity index (χ1v) is 14.7. The van der Waals surface area contributed by atoms with Gasteiger partial charge in [-0.15, -0.1) is 0 Å². The van der Waals surface area contributed by atoms with Crippen molar-refractivity contribution in [2.75, 3.05) is 6.61 Å². The highest BCUT2D eigenvalue weighted by Gasteiger charge is 2.49. The van der Waals surface area contributed by atoms with Crippen LogP contribution in [0.1, 0.15) is 57.4 Å². The Balaban J connectivity index is 1.44. The van der Waals surface area contributed by atoms with Gasteiger partial charge in [0.15, 0.2) is 11.5 Å². The summed E-state index contributed by atoms with van der Waals surface area (Å²) >= 11 is 0. The number of hydrogen-bond acceptors (Lipinski definition) is 12. The van der Waals surface area contributed by atoms with Crippen molar-refractivity contribution in [3.05, 3.63) is 106 Å². The van der Waals surface area contributed by atoms with Crippen LogP contribution in [0.3, 0.4) is 0 Å². The zero-order chi connectivity index (χ0) is 32.4. The number of hydrogen-bond donors (Lipinski definition) is 9. The highest BCUT2D eigenvalue weighted by molar-refractivity contribution is 5.66. The van der Waals surface area contributed by atoms with E-state index in [2.05, 4.69) is 0 Å². The highest BCUT2D eigenvalue weighted by atomic mass is 16.7. The number of aliphatic hydroxyl groups is 5. The van der Waals surface area contributed by atoms with Gasteiger partial charge in [-0.2, -0.15) is 0 Å². The van der Waals surface area contributed by atoms with Gasteiger partial charge in [0.05, 0.1) is 18.6 Å². The number of aliphatic hydroxyl groups excluding tert-OH is 5. The summed E-state index contributed by atoms with van der Waals surface area (Å²) in [6, 6.07) is 18.3. The van der Waals surface area contributed by atoms with Crippen molar-refractivity contribution in [1.82, 2.24) is 0 Å². The van der Waals surface area contributed by atoms with E-state index in [9.17, 15) is 46.0 Å². The van der Waals surface area contributed by atoms with E-state index in [4.69, 9.17) is 14.2 Å². The topological polar surface area (TPSA) is 210 Å². The molecule has 9 atom stereocenters. The van der Waals surface area contributed by atoms with Gasteiger partial charge in [0.2, 0.25) is 6.29 Å². The molecule has 0 unspecified atom stereocenters. The lowest BCUT2D eigenvalue weighted by atomic mass is 9.80. The van der Waals surface area contributed by atoms with Crippen molar-refractivity contribution in [3.8, 4) is 34.5 Å². The predicted octanol–water partition coefficient (Wildman–Crippen LogP) is 2.13. The van der Waals surface area contributed by atoms with Crippen LogP contribution >= 0.6 is 0 Å². The lowest BCUT2D eigenvalue weighted by Crippen LogP contribution is -2.60. The number of fused-ring (bicyclic) bond motifs is 2. The van der Waals surface area contributed by atoms with Gasteiger partial charge in [0.25, 0.3) is 0 Å². The molecule has 0 spiro atoms. The molecule has 7 rings (SSSR count). The summed E-state index contributed by atoms with van der Waals surface area (Å²) in [7, 11) is 0. The molecule has 4 aromatic rings. The molecule has 12 nitrogen and oxygen atoms in total. The maximum atomic E-state index is 12.1. The Hall–Kier alpha value is -4.56. The number of benzene rings is 4. The zero-order valence-electron chi connectivity index (χ0n) is 24.1. The molecular weight excluding hydrogens is 600 g/mol. The first-order valence-electron chi connectivity index (χ1n) is 14.7. The van der Waals surface area contributed by atoms with E-state index in [0.29, 0.717) is 33.4 Å². The second kappa shape index (κ2) is 11.4. The molecule has 46 heavy (non-hydrogen) atoms. The van der Waals surface area contributed by atoms with E-state index in [1.807, 2.05) is 0 Å². The fourth-order valence-corrected chi connectivity index (χ4v) is 6.88. The largest absolute Gasteiger partial charge is 0.508 e. The summed E-state index contributed by atoms with van der Waals surface area (Å²) in [4.78, 5) is 0. The quantitative estimate of drug-likeness (QED) is 0.155. The molecule has 1 fully saturated rings. The second-order valence-corrected chi connectivity index (χ2v) is 11.8. The number of ether oxygens (including phenoxy) is 3. The first kappa shape index (κ1) is 30.1. The van der Waals surface area contributed by atoms with E-state index in [0.717, 1.165) is 0 Å². The molecule has 0 aromatic heterocycles. The van der Waals surface area contributed by atoms with E-state index in [1.54, 1.807) is 30.3 Å². The molecule has 3 aliphatic rings. The molecule has 1 aliphatic carbocycles. The van der Waals surface area contributed by atoms with Gasteiger partial charge in [-0.3, -0.25) is 0 Å². The minimum atomic E-state index is -1.70. The number of rotatable bonds is 5. The van der Waals surface area contributed by atoms with Gasteiger partial charge in [0, 0.05) is 23.1 Å². The van der Waals surface area contributed by atoms with Crippen molar-refractivity contribution >= 4 is 0 Å². The fourth-order valence-electron chi connectivity index (χ4n) is 6.88. The van der Waals surface area contributed by atoms with Crippen LogP contribution in [0.15, 0.2) is 72.8 Å². The maximum Gasteiger partial charge on any atom is 0.229 e. The molecule has 0 amide bonds. The molecule has 0 bridgehead atoms. The van der Waals surface area contributed by atoms with Crippen LogP contribution < -0.4 is 9.47 Å². The molecule has 12 heteroatoms. The monoisotopic (exact) mass is 632 g/mol. The van der Waals surface area contributed by atoms with Crippen molar-refractivity contribution in [2.24, 2.45) is 0 Å². The van der Waals surface area contributed by atoms with Gasteiger partial charge in [-0.1, -0.05) is 30.3 Å². The van der Waals surface area contributed by atoms with E-state index < -0.39 is 61.4 Å². The average molecular weight is 633 g/mol. The SMILES string of the molecule is OC[C@H]1O[C@@H](Oc2ccc3c4c2O[C@@H](c2ccc(O)cc2)[C@@H]4c2cc(O)cc(O)c2[C@H](c2ccc(O)cc2)[C@@H]3O)[C@H](O)[C@@H](O)[C@@H]1O. The normalized spacial score (nSPS) is 29.7. The van der Waals surface area contributed by atoms with Crippen LogP contribution in [0.25, 0.3) is 0 Å². The molecule has 1 saturated heterocycles. The Morgan fingerprint density at radius 3 is 1.93 bits per heavy atom. The smallest absolute Gasteiger partial charge is 0.229 e. The lowest BCUT2D eigenvalue weighted by Gasteiger charge is -2.39. The third kappa shape index (κ3) is 4.78. The maximum absolute atomic E-state index is 12.1. The zero-order valence-corrected chi connectivity index (χ0v) is 24.1. The Morgan fingerprint density at radius 2 is 1.28 bits per heavy atom.